The minimum Gasteiger partial charge on any atom is -0.480 e. The van der Waals surface area contributed by atoms with Crippen LogP contribution >= 0.6 is 15.9 Å². The van der Waals surface area contributed by atoms with E-state index in [0.717, 1.165) is 0 Å². The second-order valence-electron chi connectivity index (χ2n) is 3.77. The number of rotatable bonds is 4. The number of halogens is 1. The van der Waals surface area contributed by atoms with Crippen molar-refractivity contribution in [1.82, 2.24) is 5.32 Å². The average molecular weight is 317 g/mol. The molecule has 0 spiro atoms. The molecule has 0 saturated carbocycles. The maximum Gasteiger partial charge on any atom is 0.328 e. The molecule has 0 fully saturated rings. The second kappa shape index (κ2) is 5.83. The highest BCUT2D eigenvalue weighted by atomic mass is 79.9. The number of hydrogen-bond donors (Lipinski definition) is 4. The molecule has 1 rings (SSSR count). The molecule has 0 aromatic heterocycles. The van der Waals surface area contributed by atoms with Crippen LogP contribution in [0.4, 0.5) is 5.69 Å². The van der Waals surface area contributed by atoms with E-state index in [0.29, 0.717) is 10.2 Å². The van der Waals surface area contributed by atoms with Crippen molar-refractivity contribution in [2.75, 3.05) is 5.73 Å². The SMILES string of the molecule is C[C@@H](O)[C@H](NC(=O)c1cc(N)ccc1Br)C(=O)O. The predicted molar refractivity (Wildman–Crippen MR) is 69.1 cm³/mol. The number of anilines is 1. The number of aliphatic hydroxyl groups excluding tert-OH is 1. The normalized spacial score (nSPS) is 13.7. The molecule has 2 atom stereocenters. The Morgan fingerprint density at radius 2 is 2.06 bits per heavy atom. The lowest BCUT2D eigenvalue weighted by molar-refractivity contribution is -0.141. The van der Waals surface area contributed by atoms with Crippen molar-refractivity contribution in [3.8, 4) is 0 Å². The van der Waals surface area contributed by atoms with Crippen molar-refractivity contribution >= 4 is 33.5 Å². The number of carbonyl (C=O) groups excluding carboxylic acids is 1. The van der Waals surface area contributed by atoms with Crippen LogP contribution in [0, 0.1) is 0 Å². The third kappa shape index (κ3) is 3.44. The van der Waals surface area contributed by atoms with Gasteiger partial charge in [0.05, 0.1) is 11.7 Å². The Bertz CT molecular complexity index is 476. The van der Waals surface area contributed by atoms with E-state index >= 15 is 0 Å². The van der Waals surface area contributed by atoms with E-state index in [4.69, 9.17) is 10.8 Å². The van der Waals surface area contributed by atoms with Crippen molar-refractivity contribution in [2.24, 2.45) is 0 Å². The van der Waals surface area contributed by atoms with Gasteiger partial charge >= 0.3 is 5.97 Å². The Hall–Kier alpha value is -1.60. The van der Waals surface area contributed by atoms with Gasteiger partial charge in [0, 0.05) is 10.2 Å². The Balaban J connectivity index is 2.94. The molecule has 98 valence electrons. The fourth-order valence-corrected chi connectivity index (χ4v) is 1.75. The molecule has 0 saturated heterocycles. The minimum atomic E-state index is -1.37. The fraction of sp³-hybridized carbons (Fsp3) is 0.273. The summed E-state index contributed by atoms with van der Waals surface area (Å²) in [6.07, 6.45) is -1.20. The van der Waals surface area contributed by atoms with Gasteiger partial charge in [-0.05, 0) is 41.1 Å². The highest BCUT2D eigenvalue weighted by Gasteiger charge is 2.26. The average Bonchev–Trinajstić information content (AvgIpc) is 2.28. The topological polar surface area (TPSA) is 113 Å². The third-order valence-corrected chi connectivity index (χ3v) is 2.96. The molecule has 0 radical (unpaired) electrons. The summed E-state index contributed by atoms with van der Waals surface area (Å²) < 4.78 is 0.490. The summed E-state index contributed by atoms with van der Waals surface area (Å²) in [7, 11) is 0. The maximum atomic E-state index is 11.9. The minimum absolute atomic E-state index is 0.210. The third-order valence-electron chi connectivity index (χ3n) is 2.27. The molecule has 5 N–H and O–H groups in total. The number of carbonyl (C=O) groups is 2. The lowest BCUT2D eigenvalue weighted by Crippen LogP contribution is -2.47. The first-order chi connectivity index (χ1) is 8.32. The molecular formula is C11H13BrN2O4. The van der Waals surface area contributed by atoms with Crippen LogP contribution in [0.25, 0.3) is 0 Å². The second-order valence-corrected chi connectivity index (χ2v) is 4.62. The number of carboxylic acid groups (broad SMARTS) is 1. The summed E-state index contributed by atoms with van der Waals surface area (Å²) in [5.41, 5.74) is 6.14. The van der Waals surface area contributed by atoms with Crippen LogP contribution in [0.1, 0.15) is 17.3 Å². The first-order valence-electron chi connectivity index (χ1n) is 5.09. The molecule has 18 heavy (non-hydrogen) atoms. The number of carboxylic acids is 1. The van der Waals surface area contributed by atoms with Crippen LogP contribution in [0.2, 0.25) is 0 Å². The van der Waals surface area contributed by atoms with Gasteiger partial charge in [0.2, 0.25) is 0 Å². The number of amides is 1. The van der Waals surface area contributed by atoms with Gasteiger partial charge in [-0.2, -0.15) is 0 Å². The van der Waals surface area contributed by atoms with Gasteiger partial charge in [-0.3, -0.25) is 4.79 Å². The lowest BCUT2D eigenvalue weighted by Gasteiger charge is -2.17. The number of benzene rings is 1. The molecule has 1 aromatic carbocycles. The molecule has 7 heteroatoms. The van der Waals surface area contributed by atoms with Gasteiger partial charge < -0.3 is 21.3 Å². The first kappa shape index (κ1) is 14.5. The zero-order chi connectivity index (χ0) is 13.9. The predicted octanol–water partition coefficient (Wildman–Crippen LogP) is 0.595. The smallest absolute Gasteiger partial charge is 0.328 e. The molecule has 6 nitrogen and oxygen atoms in total. The summed E-state index contributed by atoms with van der Waals surface area (Å²) in [6, 6.07) is 3.23. The van der Waals surface area contributed by atoms with E-state index < -0.39 is 24.0 Å². The van der Waals surface area contributed by atoms with Gasteiger partial charge in [0.1, 0.15) is 0 Å². The van der Waals surface area contributed by atoms with Crippen molar-refractivity contribution in [1.29, 1.82) is 0 Å². The summed E-state index contributed by atoms with van der Waals surface area (Å²) >= 11 is 3.17. The summed E-state index contributed by atoms with van der Waals surface area (Å²) in [5, 5.41) is 20.3. The molecule has 0 aliphatic rings. The van der Waals surface area contributed by atoms with Gasteiger partial charge in [0.25, 0.3) is 5.91 Å². The largest absolute Gasteiger partial charge is 0.480 e. The molecule has 0 aliphatic carbocycles. The van der Waals surface area contributed by atoms with E-state index in [1.807, 2.05) is 0 Å². The van der Waals surface area contributed by atoms with E-state index in [2.05, 4.69) is 21.2 Å². The monoisotopic (exact) mass is 316 g/mol. The van der Waals surface area contributed by atoms with E-state index in [9.17, 15) is 14.7 Å². The molecule has 1 aromatic rings. The van der Waals surface area contributed by atoms with Gasteiger partial charge in [-0.15, -0.1) is 0 Å². The van der Waals surface area contributed by atoms with Crippen LogP contribution in [0.5, 0.6) is 0 Å². The molecule has 0 heterocycles. The fourth-order valence-electron chi connectivity index (χ4n) is 1.32. The number of nitrogen functional groups attached to an aromatic ring is 1. The van der Waals surface area contributed by atoms with Crippen LogP contribution in [0.15, 0.2) is 22.7 Å². The summed E-state index contributed by atoms with van der Waals surface area (Å²) in [4.78, 5) is 22.7. The number of aliphatic carboxylic acids is 1. The standard InChI is InChI=1S/C11H13BrN2O4/c1-5(15)9(11(17)18)14-10(16)7-4-6(13)2-3-8(7)12/h2-5,9,15H,13H2,1H3,(H,14,16)(H,17,18)/t5-,9+/m1/s1. The highest BCUT2D eigenvalue weighted by Crippen LogP contribution is 2.19. The quantitative estimate of drug-likeness (QED) is 0.607. The maximum absolute atomic E-state index is 11.9. The van der Waals surface area contributed by atoms with Crippen molar-refractivity contribution in [3.05, 3.63) is 28.2 Å². The van der Waals surface area contributed by atoms with E-state index in [1.165, 1.54) is 13.0 Å². The zero-order valence-electron chi connectivity index (χ0n) is 9.55. The Morgan fingerprint density at radius 1 is 1.44 bits per heavy atom. The summed E-state index contributed by atoms with van der Waals surface area (Å²) in [5.74, 6) is -1.93. The van der Waals surface area contributed by atoms with Crippen LogP contribution in [0.3, 0.4) is 0 Å². The Kier molecular flexibility index (Phi) is 4.69. The van der Waals surface area contributed by atoms with Gasteiger partial charge in [-0.1, -0.05) is 0 Å². The highest BCUT2D eigenvalue weighted by molar-refractivity contribution is 9.10. The molecular weight excluding hydrogens is 304 g/mol. The van der Waals surface area contributed by atoms with Crippen molar-refractivity contribution < 1.29 is 19.8 Å². The van der Waals surface area contributed by atoms with Crippen LogP contribution in [-0.4, -0.2) is 34.2 Å². The lowest BCUT2D eigenvalue weighted by atomic mass is 10.1. The Morgan fingerprint density at radius 3 is 2.56 bits per heavy atom. The molecule has 0 unspecified atom stereocenters. The van der Waals surface area contributed by atoms with Gasteiger partial charge in [-0.25, -0.2) is 4.79 Å². The van der Waals surface area contributed by atoms with E-state index in [1.54, 1.807) is 12.1 Å². The van der Waals surface area contributed by atoms with Crippen molar-refractivity contribution in [2.45, 2.75) is 19.1 Å². The first-order valence-corrected chi connectivity index (χ1v) is 5.89. The molecule has 0 bridgehead atoms. The van der Waals surface area contributed by atoms with Crippen LogP contribution < -0.4 is 11.1 Å². The van der Waals surface area contributed by atoms with Crippen molar-refractivity contribution in [3.63, 3.8) is 0 Å². The number of nitrogens with two attached hydrogens (primary N) is 1. The Labute approximate surface area is 112 Å². The van der Waals surface area contributed by atoms with Gasteiger partial charge in [0.15, 0.2) is 6.04 Å². The van der Waals surface area contributed by atoms with E-state index in [-0.39, 0.29) is 5.56 Å². The number of hydrogen-bond acceptors (Lipinski definition) is 4. The zero-order valence-corrected chi connectivity index (χ0v) is 11.1. The molecule has 0 aliphatic heterocycles. The van der Waals surface area contributed by atoms with Crippen LogP contribution in [-0.2, 0) is 4.79 Å². The number of aliphatic hydroxyl groups is 1. The number of nitrogens with one attached hydrogen (secondary N) is 1. The summed E-state index contributed by atoms with van der Waals surface area (Å²) in [6.45, 7) is 1.29. The molecule has 1 amide bonds.